The monoisotopic (exact) mass is 595 g/mol. The van der Waals surface area contributed by atoms with Crippen LogP contribution in [-0.2, 0) is 18.3 Å². The molecular formula is C42H33N3O. The largest absolute Gasteiger partial charge is 0.456 e. The Kier molecular flexibility index (Phi) is 6.44. The fourth-order valence-electron chi connectivity index (χ4n) is 7.35. The van der Waals surface area contributed by atoms with Gasteiger partial charge in [-0.15, -0.1) is 0 Å². The van der Waals surface area contributed by atoms with Crippen molar-refractivity contribution in [1.82, 2.24) is 0 Å². The zero-order valence-corrected chi connectivity index (χ0v) is 25.9. The van der Waals surface area contributed by atoms with Crippen LogP contribution in [0.25, 0.3) is 22.3 Å². The summed E-state index contributed by atoms with van der Waals surface area (Å²) in [5.41, 5.74) is 20.0. The molecule has 4 heteroatoms. The zero-order valence-electron chi connectivity index (χ0n) is 25.9. The molecule has 0 saturated heterocycles. The number of nitrogens with zero attached hydrogens (tertiary/aromatic N) is 2. The average Bonchev–Trinajstić information content (AvgIpc) is 3.10. The van der Waals surface area contributed by atoms with E-state index in [1.807, 2.05) is 42.5 Å². The van der Waals surface area contributed by atoms with Crippen molar-refractivity contribution in [3.8, 4) is 39.8 Å². The molecule has 0 aromatic heterocycles. The molecule has 46 heavy (non-hydrogen) atoms. The van der Waals surface area contributed by atoms with E-state index in [1.165, 1.54) is 28.1 Å². The summed E-state index contributed by atoms with van der Waals surface area (Å²) in [6.07, 6.45) is 1.40. The summed E-state index contributed by atoms with van der Waals surface area (Å²) in [6, 6.07) is 46.7. The summed E-state index contributed by atoms with van der Waals surface area (Å²) in [5.74, 6) is 1.55. The van der Waals surface area contributed by atoms with Crippen molar-refractivity contribution in [2.75, 3.05) is 10.6 Å². The second-order valence-electron chi connectivity index (χ2n) is 12.6. The third kappa shape index (κ3) is 4.28. The van der Waals surface area contributed by atoms with Crippen LogP contribution in [0.2, 0.25) is 0 Å². The number of ether oxygens (including phenoxy) is 1. The molecule has 0 radical (unpaired) electrons. The van der Waals surface area contributed by atoms with Crippen LogP contribution in [0.5, 0.6) is 11.5 Å². The van der Waals surface area contributed by atoms with Gasteiger partial charge >= 0.3 is 0 Å². The topological polar surface area (TPSA) is 62.3 Å². The fourth-order valence-corrected chi connectivity index (χ4v) is 7.35. The summed E-state index contributed by atoms with van der Waals surface area (Å²) in [4.78, 5) is 2.40. The van der Waals surface area contributed by atoms with Crippen molar-refractivity contribution in [3.63, 3.8) is 0 Å². The maximum atomic E-state index is 9.88. The van der Waals surface area contributed by atoms with E-state index in [4.69, 9.17) is 10.5 Å². The van der Waals surface area contributed by atoms with Crippen LogP contribution in [0.3, 0.4) is 0 Å². The Hall–Kier alpha value is -5.79. The van der Waals surface area contributed by atoms with Crippen molar-refractivity contribution >= 4 is 22.7 Å². The Labute approximate surface area is 270 Å². The van der Waals surface area contributed by atoms with E-state index in [0.717, 1.165) is 51.4 Å². The molecule has 0 fully saturated rings. The Morgan fingerprint density at radius 2 is 1.22 bits per heavy atom. The number of para-hydroxylation sites is 4. The van der Waals surface area contributed by atoms with Gasteiger partial charge in [0.1, 0.15) is 17.6 Å². The summed E-state index contributed by atoms with van der Waals surface area (Å²) >= 11 is 0. The van der Waals surface area contributed by atoms with Crippen molar-refractivity contribution < 1.29 is 4.74 Å². The zero-order chi connectivity index (χ0) is 31.4. The second kappa shape index (κ2) is 10.7. The molecule has 0 spiro atoms. The smallest absolute Gasteiger partial charge is 0.135 e. The van der Waals surface area contributed by atoms with Crippen LogP contribution in [0, 0.1) is 11.3 Å². The van der Waals surface area contributed by atoms with Crippen molar-refractivity contribution in [2.24, 2.45) is 0 Å². The van der Waals surface area contributed by atoms with Crippen molar-refractivity contribution in [3.05, 3.63) is 155 Å². The maximum absolute atomic E-state index is 9.88. The average molecular weight is 596 g/mol. The molecule has 222 valence electrons. The number of fused-ring (bicyclic) bond motifs is 8. The van der Waals surface area contributed by atoms with E-state index in [1.54, 1.807) is 0 Å². The summed E-state index contributed by atoms with van der Waals surface area (Å²) in [5, 5.41) is 9.88. The molecule has 2 aliphatic rings. The van der Waals surface area contributed by atoms with Crippen LogP contribution in [0.4, 0.5) is 22.7 Å². The van der Waals surface area contributed by atoms with Crippen LogP contribution in [-0.4, -0.2) is 0 Å². The van der Waals surface area contributed by atoms with E-state index < -0.39 is 0 Å². The summed E-state index contributed by atoms with van der Waals surface area (Å²) in [7, 11) is 0. The lowest BCUT2D eigenvalue weighted by Gasteiger charge is -2.42. The van der Waals surface area contributed by atoms with E-state index in [-0.39, 0.29) is 5.41 Å². The van der Waals surface area contributed by atoms with Crippen LogP contribution in [0.15, 0.2) is 127 Å². The van der Waals surface area contributed by atoms with Gasteiger partial charge in [-0.3, -0.25) is 0 Å². The van der Waals surface area contributed by atoms with Gasteiger partial charge in [-0.1, -0.05) is 98.8 Å². The molecule has 4 nitrogen and oxygen atoms in total. The minimum atomic E-state index is -0.132. The number of benzene rings is 6. The van der Waals surface area contributed by atoms with E-state index in [0.29, 0.717) is 17.7 Å². The van der Waals surface area contributed by atoms with E-state index in [9.17, 15) is 5.26 Å². The molecule has 0 amide bonds. The fraction of sp³-hybridized carbons (Fsp3) is 0.119. The van der Waals surface area contributed by atoms with Gasteiger partial charge in [0.2, 0.25) is 0 Å². The van der Waals surface area contributed by atoms with Crippen LogP contribution >= 0.6 is 0 Å². The molecule has 2 N–H and O–H groups in total. The number of anilines is 4. The summed E-state index contributed by atoms with van der Waals surface area (Å²) in [6.45, 7) is 4.62. The highest BCUT2D eigenvalue weighted by atomic mass is 16.5. The van der Waals surface area contributed by atoms with E-state index in [2.05, 4.69) is 110 Å². The molecular weight excluding hydrogens is 562 g/mol. The molecule has 6 aromatic carbocycles. The van der Waals surface area contributed by atoms with Crippen LogP contribution in [0.1, 0.15) is 41.7 Å². The molecule has 0 aliphatic carbocycles. The molecule has 0 bridgehead atoms. The maximum Gasteiger partial charge on any atom is 0.135 e. The normalized spacial score (nSPS) is 14.1. The Bertz CT molecular complexity index is 2160. The first kappa shape index (κ1) is 27.7. The minimum absolute atomic E-state index is 0.132. The first-order valence-corrected chi connectivity index (χ1v) is 15.8. The molecule has 2 heterocycles. The first-order valence-electron chi connectivity index (χ1n) is 15.8. The van der Waals surface area contributed by atoms with Gasteiger partial charge in [0.05, 0.1) is 22.6 Å². The highest BCUT2D eigenvalue weighted by molar-refractivity contribution is 5.88. The van der Waals surface area contributed by atoms with Crippen molar-refractivity contribution in [1.29, 1.82) is 5.26 Å². The molecule has 0 atom stereocenters. The lowest BCUT2D eigenvalue weighted by molar-refractivity contribution is 0.486. The molecule has 2 aliphatic heterocycles. The number of hydrogen-bond acceptors (Lipinski definition) is 4. The minimum Gasteiger partial charge on any atom is -0.456 e. The number of nitrogen functional groups attached to an aromatic ring is 1. The van der Waals surface area contributed by atoms with Gasteiger partial charge in [0, 0.05) is 22.2 Å². The number of rotatable bonds is 1. The van der Waals surface area contributed by atoms with E-state index >= 15 is 0 Å². The van der Waals surface area contributed by atoms with Crippen molar-refractivity contribution in [2.45, 2.75) is 32.1 Å². The Balaban J connectivity index is 1.35. The Morgan fingerprint density at radius 1 is 0.652 bits per heavy atom. The molecule has 6 aromatic rings. The van der Waals surface area contributed by atoms with Gasteiger partial charge < -0.3 is 15.4 Å². The van der Waals surface area contributed by atoms with Gasteiger partial charge in [0.25, 0.3) is 0 Å². The van der Waals surface area contributed by atoms with Gasteiger partial charge in [-0.05, 0) is 88.7 Å². The SMILES string of the molecule is CC1(C)c2ccccc2N(c2ccc3c(c2)CCc2c(ccc(C#N)c2N)-c2ccccc2Oc2ccccc2-3)c2ccccc21. The summed E-state index contributed by atoms with van der Waals surface area (Å²) < 4.78 is 6.73. The predicted octanol–water partition coefficient (Wildman–Crippen LogP) is 10.5. The van der Waals surface area contributed by atoms with Gasteiger partial charge in [-0.25, -0.2) is 0 Å². The standard InChI is InChI=1S/C42H33N3O/c1-42(2)35-13-5-7-15-37(35)45(38-16-8-6-14-36(38)42)29-21-24-30-27(25-29)19-23-34-31(22-20-28(26-43)41(34)44)33-12-4-10-18-40(33)46-39-17-9-3-11-32(30)39/h3-18,20-22,24-25H,19,23,44H2,1-2H3. The predicted molar refractivity (Wildman–Crippen MR) is 187 cm³/mol. The van der Waals surface area contributed by atoms with Crippen LogP contribution < -0.4 is 15.4 Å². The molecule has 0 saturated carbocycles. The number of hydrogen-bond donors (Lipinski definition) is 1. The highest BCUT2D eigenvalue weighted by Crippen LogP contribution is 2.52. The molecule has 8 rings (SSSR count). The third-order valence-electron chi connectivity index (χ3n) is 9.68. The third-order valence-corrected chi connectivity index (χ3v) is 9.68. The lowest BCUT2D eigenvalue weighted by Crippen LogP contribution is -2.30. The molecule has 0 unspecified atom stereocenters. The Morgan fingerprint density at radius 3 is 1.87 bits per heavy atom. The van der Waals surface area contributed by atoms with Gasteiger partial charge in [0.15, 0.2) is 0 Å². The quantitative estimate of drug-likeness (QED) is 0.192. The lowest BCUT2D eigenvalue weighted by atomic mass is 9.73. The first-order chi connectivity index (χ1) is 22.5. The number of nitriles is 1. The number of aryl methyl sites for hydroxylation is 1. The van der Waals surface area contributed by atoms with Gasteiger partial charge in [-0.2, -0.15) is 5.26 Å². The second-order valence-corrected chi connectivity index (χ2v) is 12.6. The number of nitrogens with two attached hydrogens (primary N) is 1. The highest BCUT2D eigenvalue weighted by Gasteiger charge is 2.36.